The van der Waals surface area contributed by atoms with E-state index in [-0.39, 0.29) is 0 Å². The van der Waals surface area contributed by atoms with E-state index in [2.05, 4.69) is 27.6 Å². The molecule has 3 aromatic rings. The molecule has 4 nitrogen and oxygen atoms in total. The molecule has 0 saturated heterocycles. The summed E-state index contributed by atoms with van der Waals surface area (Å²) in [6.45, 7) is 1.05. The highest BCUT2D eigenvalue weighted by Gasteiger charge is 2.14. The van der Waals surface area contributed by atoms with Crippen molar-refractivity contribution in [3.8, 4) is 5.69 Å². The molecular weight excluding hydrogens is 308 g/mol. The molecule has 23 heavy (non-hydrogen) atoms. The minimum atomic E-state index is 0.712. The number of hydrogen-bond acceptors (Lipinski definition) is 3. The zero-order chi connectivity index (χ0) is 15.6. The third-order valence-electron chi connectivity index (χ3n) is 4.51. The predicted molar refractivity (Wildman–Crippen MR) is 94.3 cm³/mol. The molecule has 0 spiro atoms. The standard InChI is InChI=1S/C18H19ClN4/c19-14-5-8-16(9-6-14)23-21-17-10-7-15(11-18(17)22-23)20-12-13-3-1-2-4-13/h5-11,13,20H,1-4,12H2. The van der Waals surface area contributed by atoms with Gasteiger partial charge in [0.2, 0.25) is 0 Å². The van der Waals surface area contributed by atoms with Crippen LogP contribution in [0.15, 0.2) is 42.5 Å². The summed E-state index contributed by atoms with van der Waals surface area (Å²) in [5.74, 6) is 0.815. The van der Waals surface area contributed by atoms with Gasteiger partial charge in [0.15, 0.2) is 0 Å². The number of nitrogens with zero attached hydrogens (tertiary/aromatic N) is 3. The Morgan fingerprint density at radius 3 is 2.52 bits per heavy atom. The molecule has 4 rings (SSSR count). The number of anilines is 1. The Balaban J connectivity index is 1.55. The van der Waals surface area contributed by atoms with Crippen LogP contribution in [0.3, 0.4) is 0 Å². The Morgan fingerprint density at radius 1 is 1.00 bits per heavy atom. The third-order valence-corrected chi connectivity index (χ3v) is 4.76. The highest BCUT2D eigenvalue weighted by Crippen LogP contribution is 2.25. The number of rotatable bonds is 4. The van der Waals surface area contributed by atoms with Gasteiger partial charge < -0.3 is 5.32 Å². The summed E-state index contributed by atoms with van der Waals surface area (Å²) in [4.78, 5) is 1.65. The second-order valence-electron chi connectivity index (χ2n) is 6.20. The zero-order valence-corrected chi connectivity index (χ0v) is 13.6. The monoisotopic (exact) mass is 326 g/mol. The van der Waals surface area contributed by atoms with Gasteiger partial charge in [0.05, 0.1) is 5.69 Å². The summed E-state index contributed by atoms with van der Waals surface area (Å²) >= 11 is 5.93. The molecule has 1 fully saturated rings. The van der Waals surface area contributed by atoms with E-state index >= 15 is 0 Å². The fourth-order valence-electron chi connectivity index (χ4n) is 3.19. The van der Waals surface area contributed by atoms with Crippen molar-refractivity contribution < 1.29 is 0 Å². The lowest BCUT2D eigenvalue weighted by Gasteiger charge is -2.11. The molecule has 1 N–H and O–H groups in total. The number of nitrogens with one attached hydrogen (secondary N) is 1. The van der Waals surface area contributed by atoms with Crippen molar-refractivity contribution in [3.05, 3.63) is 47.5 Å². The van der Waals surface area contributed by atoms with Gasteiger partial charge >= 0.3 is 0 Å². The average Bonchev–Trinajstić information content (AvgIpc) is 3.22. The first-order valence-corrected chi connectivity index (χ1v) is 8.53. The highest BCUT2D eigenvalue weighted by atomic mass is 35.5. The molecular formula is C18H19ClN4. The fraction of sp³-hybridized carbons (Fsp3) is 0.333. The van der Waals surface area contributed by atoms with Gasteiger partial charge in [-0.15, -0.1) is 10.2 Å². The lowest BCUT2D eigenvalue weighted by Crippen LogP contribution is -2.10. The van der Waals surface area contributed by atoms with Crippen LogP contribution in [0.25, 0.3) is 16.7 Å². The van der Waals surface area contributed by atoms with Crippen LogP contribution in [0.1, 0.15) is 25.7 Å². The Labute approximate surface area is 140 Å². The number of hydrogen-bond donors (Lipinski definition) is 1. The van der Waals surface area contributed by atoms with E-state index in [9.17, 15) is 0 Å². The number of benzene rings is 2. The Morgan fingerprint density at radius 2 is 1.74 bits per heavy atom. The second-order valence-corrected chi connectivity index (χ2v) is 6.64. The van der Waals surface area contributed by atoms with E-state index < -0.39 is 0 Å². The topological polar surface area (TPSA) is 42.7 Å². The number of fused-ring (bicyclic) bond motifs is 1. The second kappa shape index (κ2) is 6.20. The van der Waals surface area contributed by atoms with Crippen LogP contribution in [0.5, 0.6) is 0 Å². The van der Waals surface area contributed by atoms with Crippen molar-refractivity contribution in [2.45, 2.75) is 25.7 Å². The van der Waals surface area contributed by atoms with Crippen LogP contribution >= 0.6 is 11.6 Å². The molecule has 1 aliphatic carbocycles. The normalized spacial score (nSPS) is 15.3. The van der Waals surface area contributed by atoms with Crippen LogP contribution in [0, 0.1) is 5.92 Å². The molecule has 0 bridgehead atoms. The summed E-state index contributed by atoms with van der Waals surface area (Å²) in [6, 6.07) is 13.7. The first kappa shape index (κ1) is 14.5. The van der Waals surface area contributed by atoms with Gasteiger partial charge in [-0.25, -0.2) is 0 Å². The summed E-state index contributed by atoms with van der Waals surface area (Å²) < 4.78 is 0. The van der Waals surface area contributed by atoms with Gasteiger partial charge in [0.25, 0.3) is 0 Å². The molecule has 0 aliphatic heterocycles. The Bertz CT molecular complexity index is 804. The van der Waals surface area contributed by atoms with Gasteiger partial charge in [0, 0.05) is 17.3 Å². The number of halogens is 1. The highest BCUT2D eigenvalue weighted by molar-refractivity contribution is 6.30. The fourth-order valence-corrected chi connectivity index (χ4v) is 3.32. The van der Waals surface area contributed by atoms with E-state index in [1.54, 1.807) is 4.80 Å². The Kier molecular flexibility index (Phi) is 3.92. The summed E-state index contributed by atoms with van der Waals surface area (Å²) in [5, 5.41) is 13.4. The lowest BCUT2D eigenvalue weighted by molar-refractivity contribution is 0.580. The number of aromatic nitrogens is 3. The van der Waals surface area contributed by atoms with Crippen molar-refractivity contribution in [1.29, 1.82) is 0 Å². The summed E-state index contributed by atoms with van der Waals surface area (Å²) in [7, 11) is 0. The van der Waals surface area contributed by atoms with E-state index in [0.29, 0.717) is 5.02 Å². The van der Waals surface area contributed by atoms with Crippen molar-refractivity contribution in [1.82, 2.24) is 15.0 Å². The van der Waals surface area contributed by atoms with Crippen LogP contribution in [0.2, 0.25) is 5.02 Å². The lowest BCUT2D eigenvalue weighted by atomic mass is 10.1. The smallest absolute Gasteiger partial charge is 0.115 e. The molecule has 0 unspecified atom stereocenters. The van der Waals surface area contributed by atoms with E-state index in [0.717, 1.165) is 34.9 Å². The maximum atomic E-state index is 5.93. The van der Waals surface area contributed by atoms with Gasteiger partial charge in [0.1, 0.15) is 11.0 Å². The van der Waals surface area contributed by atoms with Crippen LogP contribution < -0.4 is 5.32 Å². The summed E-state index contributed by atoms with van der Waals surface area (Å²) in [6.07, 6.45) is 5.45. The summed E-state index contributed by atoms with van der Waals surface area (Å²) in [5.41, 5.74) is 3.82. The maximum absolute atomic E-state index is 5.93. The van der Waals surface area contributed by atoms with Crippen molar-refractivity contribution in [3.63, 3.8) is 0 Å². The van der Waals surface area contributed by atoms with Crippen molar-refractivity contribution >= 4 is 28.3 Å². The van der Waals surface area contributed by atoms with Crippen LogP contribution in [0.4, 0.5) is 5.69 Å². The zero-order valence-electron chi connectivity index (χ0n) is 12.9. The molecule has 1 heterocycles. The molecule has 1 aromatic heterocycles. The molecule has 0 radical (unpaired) electrons. The van der Waals surface area contributed by atoms with Gasteiger partial charge in [-0.2, -0.15) is 4.80 Å². The van der Waals surface area contributed by atoms with Crippen LogP contribution in [-0.4, -0.2) is 21.5 Å². The minimum Gasteiger partial charge on any atom is -0.385 e. The van der Waals surface area contributed by atoms with E-state index in [1.807, 2.05) is 30.3 Å². The molecule has 1 saturated carbocycles. The van der Waals surface area contributed by atoms with E-state index in [4.69, 9.17) is 11.6 Å². The van der Waals surface area contributed by atoms with Crippen molar-refractivity contribution in [2.24, 2.45) is 5.92 Å². The van der Waals surface area contributed by atoms with Gasteiger partial charge in [-0.1, -0.05) is 24.4 Å². The van der Waals surface area contributed by atoms with Gasteiger partial charge in [-0.05, 0) is 61.2 Å². The molecule has 2 aromatic carbocycles. The third kappa shape index (κ3) is 3.17. The predicted octanol–water partition coefficient (Wildman–Crippen LogP) is 4.68. The first-order chi connectivity index (χ1) is 11.3. The van der Waals surface area contributed by atoms with E-state index in [1.165, 1.54) is 25.7 Å². The largest absolute Gasteiger partial charge is 0.385 e. The van der Waals surface area contributed by atoms with Crippen molar-refractivity contribution in [2.75, 3.05) is 11.9 Å². The Hall–Kier alpha value is -2.07. The molecule has 5 heteroatoms. The van der Waals surface area contributed by atoms with Gasteiger partial charge in [-0.3, -0.25) is 0 Å². The quantitative estimate of drug-likeness (QED) is 0.757. The molecule has 0 amide bonds. The van der Waals surface area contributed by atoms with Crippen LogP contribution in [-0.2, 0) is 0 Å². The SMILES string of the molecule is Clc1ccc(-n2nc3ccc(NCC4CCCC4)cc3n2)cc1. The molecule has 0 atom stereocenters. The molecule has 118 valence electrons. The first-order valence-electron chi connectivity index (χ1n) is 8.15. The molecule has 1 aliphatic rings. The maximum Gasteiger partial charge on any atom is 0.115 e. The minimum absolute atomic E-state index is 0.712. The average molecular weight is 327 g/mol.